The lowest BCUT2D eigenvalue weighted by Gasteiger charge is -2.15. The second-order valence-electron chi connectivity index (χ2n) is 5.74. The molecule has 3 nitrogen and oxygen atoms in total. The summed E-state index contributed by atoms with van der Waals surface area (Å²) in [6.07, 6.45) is 0.473. The molecule has 0 saturated carbocycles. The lowest BCUT2D eigenvalue weighted by atomic mass is 10.1. The van der Waals surface area contributed by atoms with E-state index in [-0.39, 0.29) is 11.7 Å². The predicted octanol–water partition coefficient (Wildman–Crippen LogP) is 2.51. The van der Waals surface area contributed by atoms with Gasteiger partial charge in [-0.3, -0.25) is 4.79 Å². The Hall–Kier alpha value is -1.62. The minimum Gasteiger partial charge on any atom is -0.351 e. The maximum absolute atomic E-state index is 13.5. The lowest BCUT2D eigenvalue weighted by Crippen LogP contribution is -3.08. The Morgan fingerprint density at radius 1 is 1.17 bits per heavy atom. The number of nitrogens with one attached hydrogen (secondary N) is 2. The van der Waals surface area contributed by atoms with Gasteiger partial charge in [0.1, 0.15) is 12.4 Å². The van der Waals surface area contributed by atoms with Crippen LogP contribution >= 0.6 is 23.2 Å². The first-order valence-corrected chi connectivity index (χ1v) is 8.46. The molecular weight excluding hydrogens is 350 g/mol. The van der Waals surface area contributed by atoms with E-state index in [4.69, 9.17) is 23.2 Å². The number of amides is 1. The lowest BCUT2D eigenvalue weighted by molar-refractivity contribution is -0.885. The fraction of sp³-hybridized carbons (Fsp3) is 0.278. The van der Waals surface area contributed by atoms with Crippen molar-refractivity contribution in [2.75, 3.05) is 20.1 Å². The fourth-order valence-corrected chi connectivity index (χ4v) is 2.90. The molecule has 1 atom stereocenters. The molecule has 0 aromatic heterocycles. The van der Waals surface area contributed by atoms with Crippen molar-refractivity contribution >= 4 is 29.1 Å². The molecular formula is C18H20Cl2FN2O+. The molecule has 0 fully saturated rings. The van der Waals surface area contributed by atoms with Gasteiger partial charge in [-0.05, 0) is 30.2 Å². The Morgan fingerprint density at radius 3 is 2.62 bits per heavy atom. The molecule has 128 valence electrons. The first-order valence-electron chi connectivity index (χ1n) is 7.71. The van der Waals surface area contributed by atoms with Crippen molar-refractivity contribution in [3.63, 3.8) is 0 Å². The molecule has 0 bridgehead atoms. The van der Waals surface area contributed by atoms with E-state index < -0.39 is 0 Å². The molecule has 0 spiro atoms. The van der Waals surface area contributed by atoms with Gasteiger partial charge in [0.15, 0.2) is 6.54 Å². The summed E-state index contributed by atoms with van der Waals surface area (Å²) in [4.78, 5) is 13.0. The van der Waals surface area contributed by atoms with Crippen LogP contribution in [0.25, 0.3) is 0 Å². The first-order chi connectivity index (χ1) is 11.5. The van der Waals surface area contributed by atoms with Gasteiger partial charge in [-0.15, -0.1) is 0 Å². The third-order valence-electron chi connectivity index (χ3n) is 3.64. The zero-order valence-electron chi connectivity index (χ0n) is 13.4. The Kier molecular flexibility index (Phi) is 7.03. The number of hydrogen-bond donors (Lipinski definition) is 2. The van der Waals surface area contributed by atoms with Crippen LogP contribution in [0.15, 0.2) is 42.5 Å². The van der Waals surface area contributed by atoms with E-state index in [1.54, 1.807) is 30.3 Å². The third-order valence-corrected chi connectivity index (χ3v) is 4.23. The van der Waals surface area contributed by atoms with Gasteiger partial charge in [-0.1, -0.05) is 47.5 Å². The van der Waals surface area contributed by atoms with Crippen molar-refractivity contribution in [2.45, 2.75) is 13.0 Å². The van der Waals surface area contributed by atoms with E-state index in [0.29, 0.717) is 41.7 Å². The third kappa shape index (κ3) is 5.78. The van der Waals surface area contributed by atoms with Crippen LogP contribution in [-0.2, 0) is 17.8 Å². The van der Waals surface area contributed by atoms with E-state index in [1.165, 1.54) is 6.07 Å². The van der Waals surface area contributed by atoms with Crippen LogP contribution < -0.4 is 10.2 Å². The van der Waals surface area contributed by atoms with Crippen LogP contribution in [0.1, 0.15) is 11.1 Å². The Balaban J connectivity index is 1.76. The molecule has 0 heterocycles. The zero-order chi connectivity index (χ0) is 17.5. The van der Waals surface area contributed by atoms with Crippen LogP contribution in [0.3, 0.4) is 0 Å². The van der Waals surface area contributed by atoms with Gasteiger partial charge in [0.05, 0.1) is 12.1 Å². The van der Waals surface area contributed by atoms with Crippen molar-refractivity contribution in [1.82, 2.24) is 5.32 Å². The van der Waals surface area contributed by atoms with Gasteiger partial charge in [0.25, 0.3) is 5.91 Å². The minimum atomic E-state index is -0.244. The fourth-order valence-electron chi connectivity index (χ4n) is 2.43. The molecule has 2 aromatic rings. The summed E-state index contributed by atoms with van der Waals surface area (Å²) in [5.41, 5.74) is 1.55. The van der Waals surface area contributed by atoms with Gasteiger partial charge in [-0.2, -0.15) is 0 Å². The highest BCUT2D eigenvalue weighted by Gasteiger charge is 2.12. The average Bonchev–Trinajstić information content (AvgIpc) is 2.52. The molecule has 0 radical (unpaired) electrons. The normalized spacial score (nSPS) is 12.0. The van der Waals surface area contributed by atoms with Crippen molar-refractivity contribution in [2.24, 2.45) is 0 Å². The zero-order valence-corrected chi connectivity index (χ0v) is 14.9. The van der Waals surface area contributed by atoms with Gasteiger partial charge >= 0.3 is 0 Å². The SMILES string of the molecule is C[NH+](CC(=O)NCCc1ccccc1F)Cc1ccc(Cl)cc1Cl. The van der Waals surface area contributed by atoms with Crippen molar-refractivity contribution in [1.29, 1.82) is 0 Å². The number of carbonyl (C=O) groups is 1. The van der Waals surface area contributed by atoms with Crippen LogP contribution in [-0.4, -0.2) is 26.0 Å². The van der Waals surface area contributed by atoms with E-state index in [0.717, 1.165) is 10.5 Å². The van der Waals surface area contributed by atoms with E-state index >= 15 is 0 Å². The molecule has 0 aliphatic rings. The van der Waals surface area contributed by atoms with Crippen molar-refractivity contribution in [3.05, 3.63) is 69.5 Å². The molecule has 1 amide bonds. The van der Waals surface area contributed by atoms with Crippen LogP contribution in [0.5, 0.6) is 0 Å². The molecule has 1 unspecified atom stereocenters. The molecule has 0 aliphatic carbocycles. The smallest absolute Gasteiger partial charge is 0.275 e. The maximum atomic E-state index is 13.5. The minimum absolute atomic E-state index is 0.0751. The molecule has 2 rings (SSSR count). The summed E-state index contributed by atoms with van der Waals surface area (Å²) in [7, 11) is 1.92. The molecule has 0 aliphatic heterocycles. The van der Waals surface area contributed by atoms with Gasteiger partial charge in [0.2, 0.25) is 0 Å². The second-order valence-corrected chi connectivity index (χ2v) is 6.58. The van der Waals surface area contributed by atoms with E-state index in [9.17, 15) is 9.18 Å². The maximum Gasteiger partial charge on any atom is 0.275 e. The van der Waals surface area contributed by atoms with E-state index in [1.807, 2.05) is 13.1 Å². The molecule has 6 heteroatoms. The van der Waals surface area contributed by atoms with E-state index in [2.05, 4.69) is 5.32 Å². The van der Waals surface area contributed by atoms with Gasteiger partial charge < -0.3 is 10.2 Å². The van der Waals surface area contributed by atoms with Gasteiger partial charge in [-0.25, -0.2) is 4.39 Å². The monoisotopic (exact) mass is 369 g/mol. The summed E-state index contributed by atoms with van der Waals surface area (Å²) in [6.45, 7) is 1.35. The number of quaternary nitrogens is 1. The van der Waals surface area contributed by atoms with Crippen molar-refractivity contribution < 1.29 is 14.1 Å². The van der Waals surface area contributed by atoms with Gasteiger partial charge in [0, 0.05) is 17.1 Å². The second kappa shape index (κ2) is 9.02. The molecule has 24 heavy (non-hydrogen) atoms. The Labute approximate surface area is 151 Å². The highest BCUT2D eigenvalue weighted by Crippen LogP contribution is 2.20. The first kappa shape index (κ1) is 18.7. The van der Waals surface area contributed by atoms with Crippen LogP contribution in [0.2, 0.25) is 10.0 Å². The summed E-state index contributed by atoms with van der Waals surface area (Å²) < 4.78 is 13.5. The highest BCUT2D eigenvalue weighted by atomic mass is 35.5. The number of halogens is 3. The van der Waals surface area contributed by atoms with Crippen molar-refractivity contribution in [3.8, 4) is 0 Å². The topological polar surface area (TPSA) is 33.5 Å². The summed E-state index contributed by atoms with van der Waals surface area (Å²) in [6, 6.07) is 11.9. The summed E-state index contributed by atoms with van der Waals surface area (Å²) >= 11 is 12.0. The van der Waals surface area contributed by atoms with Crippen LogP contribution in [0.4, 0.5) is 4.39 Å². The predicted molar refractivity (Wildman–Crippen MR) is 95.0 cm³/mol. The number of rotatable bonds is 7. The summed E-state index contributed by atoms with van der Waals surface area (Å²) in [5.74, 6) is -0.319. The number of likely N-dealkylation sites (N-methyl/N-ethyl adjacent to an activating group) is 1. The molecule has 0 saturated heterocycles. The largest absolute Gasteiger partial charge is 0.351 e. The Morgan fingerprint density at radius 2 is 1.92 bits per heavy atom. The number of hydrogen-bond acceptors (Lipinski definition) is 1. The average molecular weight is 370 g/mol. The number of benzene rings is 2. The Bertz CT molecular complexity index is 709. The quantitative estimate of drug-likeness (QED) is 0.772. The standard InChI is InChI=1S/C18H19Cl2FN2O/c1-23(11-14-6-7-15(19)10-16(14)20)12-18(24)22-9-8-13-4-2-3-5-17(13)21/h2-7,10H,8-9,11-12H2,1H3,(H,22,24)/p+1. The molecule has 2 aromatic carbocycles. The summed E-state index contributed by atoms with van der Waals surface area (Å²) in [5, 5.41) is 4.01. The van der Waals surface area contributed by atoms with Crippen LogP contribution in [0, 0.1) is 5.82 Å². The number of carbonyl (C=O) groups excluding carboxylic acids is 1. The highest BCUT2D eigenvalue weighted by molar-refractivity contribution is 6.35. The molecule has 2 N–H and O–H groups in total.